The summed E-state index contributed by atoms with van der Waals surface area (Å²) >= 11 is 0. The molecule has 0 bridgehead atoms. The van der Waals surface area contributed by atoms with Crippen LogP contribution in [0, 0.1) is 5.92 Å². The number of hydrogen-bond acceptors (Lipinski definition) is 5. The third-order valence-electron chi connectivity index (χ3n) is 9.94. The van der Waals surface area contributed by atoms with E-state index in [0.29, 0.717) is 30.7 Å². The molecule has 3 atom stereocenters. The van der Waals surface area contributed by atoms with Gasteiger partial charge in [-0.25, -0.2) is 18.7 Å². The summed E-state index contributed by atoms with van der Waals surface area (Å²) < 4.78 is 27.1. The maximum absolute atomic E-state index is 13.6. The number of likely N-dealkylation sites (tertiary alicyclic amines) is 3. The first kappa shape index (κ1) is 30.3. The van der Waals surface area contributed by atoms with Crippen LogP contribution < -0.4 is 0 Å². The van der Waals surface area contributed by atoms with Gasteiger partial charge in [0.2, 0.25) is 0 Å². The van der Waals surface area contributed by atoms with Gasteiger partial charge in [-0.05, 0) is 61.0 Å². The van der Waals surface area contributed by atoms with E-state index < -0.39 is 30.6 Å². The standard InChI is InChI=1S/C35H39F2N7O2/c1-22-13-17-42(2)30(22)32-39-21-28(41-32)26-11-7-24(8-12-26)23-5-9-25(10-6-23)27-20-38-31(40-27)29-4-3-16-44(29)34(46)33(45)43-18-14-35(36,37)15-19-43/h5-12,20-22,29-30H,3-4,13-19H2,1-2H3,(H,38,40)(H,39,41)/t22-,29-,30-/m0/s1. The Morgan fingerprint density at radius 2 is 1.30 bits per heavy atom. The molecule has 3 saturated heterocycles. The fourth-order valence-electron chi connectivity index (χ4n) is 7.18. The number of nitrogens with one attached hydrogen (secondary N) is 2. The van der Waals surface area contributed by atoms with Gasteiger partial charge in [-0.3, -0.25) is 14.5 Å². The Morgan fingerprint density at radius 1 is 0.761 bits per heavy atom. The number of carbonyl (C=O) groups is 2. The van der Waals surface area contributed by atoms with Crippen molar-refractivity contribution in [1.82, 2.24) is 34.6 Å². The Morgan fingerprint density at radius 3 is 1.87 bits per heavy atom. The number of carbonyl (C=O) groups excluding carboxylic acids is 2. The average Bonchev–Trinajstić information content (AvgIpc) is 3.88. The number of hydrogen-bond donors (Lipinski definition) is 2. The molecular weight excluding hydrogens is 588 g/mol. The molecule has 0 unspecified atom stereocenters. The van der Waals surface area contributed by atoms with Gasteiger partial charge in [-0.15, -0.1) is 0 Å². The van der Waals surface area contributed by atoms with E-state index in [9.17, 15) is 18.4 Å². The number of rotatable bonds is 5. The lowest BCUT2D eigenvalue weighted by atomic mass is 10.0. The smallest absolute Gasteiger partial charge is 0.312 e. The molecular formula is C35H39F2N7O2. The third-order valence-corrected chi connectivity index (χ3v) is 9.94. The average molecular weight is 628 g/mol. The molecule has 5 heterocycles. The quantitative estimate of drug-likeness (QED) is 0.262. The second-order valence-electron chi connectivity index (χ2n) is 13.0. The van der Waals surface area contributed by atoms with Crippen molar-refractivity contribution in [3.63, 3.8) is 0 Å². The Bertz CT molecular complexity index is 1700. The fraction of sp³-hybridized carbons (Fsp3) is 0.429. The van der Waals surface area contributed by atoms with Crippen LogP contribution >= 0.6 is 0 Å². The molecule has 7 rings (SSSR count). The second-order valence-corrected chi connectivity index (χ2v) is 13.0. The van der Waals surface area contributed by atoms with Crippen molar-refractivity contribution in [2.75, 3.05) is 33.2 Å². The maximum Gasteiger partial charge on any atom is 0.312 e. The Hall–Kier alpha value is -4.38. The van der Waals surface area contributed by atoms with Gasteiger partial charge in [0.05, 0.1) is 35.9 Å². The highest BCUT2D eigenvalue weighted by molar-refractivity contribution is 6.35. The SMILES string of the molecule is C[C@H]1CCN(C)[C@@H]1c1ncc(-c2ccc(-c3ccc(-c4cnc([C@@H]5CCCN5C(=O)C(=O)N5CCC(F)(F)CC5)[nH]4)cc3)cc2)[nH]1. The highest BCUT2D eigenvalue weighted by Gasteiger charge is 2.41. The number of H-pyrrole nitrogens is 2. The molecule has 0 spiro atoms. The normalized spacial score (nSPS) is 23.3. The second kappa shape index (κ2) is 12.1. The van der Waals surface area contributed by atoms with Gasteiger partial charge in [0, 0.05) is 32.5 Å². The molecule has 0 aliphatic carbocycles. The van der Waals surface area contributed by atoms with E-state index in [1.54, 1.807) is 6.20 Å². The maximum atomic E-state index is 13.6. The van der Waals surface area contributed by atoms with E-state index in [2.05, 4.69) is 70.2 Å². The summed E-state index contributed by atoms with van der Waals surface area (Å²) in [5.41, 5.74) is 6.07. The summed E-state index contributed by atoms with van der Waals surface area (Å²) in [6, 6.07) is 16.6. The lowest BCUT2D eigenvalue weighted by molar-refractivity contribution is -0.155. The molecule has 2 aromatic carbocycles. The molecule has 2 N–H and O–H groups in total. The van der Waals surface area contributed by atoms with Crippen LogP contribution in [0.2, 0.25) is 0 Å². The number of alkyl halides is 2. The number of piperidine rings is 1. The Kier molecular flexibility index (Phi) is 7.96. The first-order chi connectivity index (χ1) is 22.2. The number of benzene rings is 2. The van der Waals surface area contributed by atoms with E-state index in [1.807, 2.05) is 18.3 Å². The van der Waals surface area contributed by atoms with Crippen LogP contribution in [0.25, 0.3) is 33.6 Å². The molecule has 0 saturated carbocycles. The zero-order valence-corrected chi connectivity index (χ0v) is 26.2. The van der Waals surface area contributed by atoms with Gasteiger partial charge in [0.25, 0.3) is 5.92 Å². The predicted molar refractivity (Wildman–Crippen MR) is 171 cm³/mol. The molecule has 2 aromatic heterocycles. The molecule has 240 valence electrons. The van der Waals surface area contributed by atoms with Crippen molar-refractivity contribution in [1.29, 1.82) is 0 Å². The van der Waals surface area contributed by atoms with Crippen LogP contribution in [-0.2, 0) is 9.59 Å². The lowest BCUT2D eigenvalue weighted by Gasteiger charge is -2.33. The van der Waals surface area contributed by atoms with Crippen molar-refractivity contribution < 1.29 is 18.4 Å². The first-order valence-corrected chi connectivity index (χ1v) is 16.2. The van der Waals surface area contributed by atoms with Crippen LogP contribution in [0.5, 0.6) is 0 Å². The minimum atomic E-state index is -2.78. The number of aromatic amines is 2. The number of halogens is 2. The third kappa shape index (κ3) is 5.84. The summed E-state index contributed by atoms with van der Waals surface area (Å²) in [5.74, 6) is -1.92. The van der Waals surface area contributed by atoms with E-state index >= 15 is 0 Å². The van der Waals surface area contributed by atoms with Crippen molar-refractivity contribution in [2.45, 2.75) is 57.0 Å². The van der Waals surface area contributed by atoms with E-state index in [-0.39, 0.29) is 19.1 Å². The van der Waals surface area contributed by atoms with Crippen LogP contribution in [0.15, 0.2) is 60.9 Å². The van der Waals surface area contributed by atoms with Gasteiger partial charge in [-0.1, -0.05) is 55.5 Å². The predicted octanol–water partition coefficient (Wildman–Crippen LogP) is 6.07. The van der Waals surface area contributed by atoms with E-state index in [0.717, 1.165) is 52.4 Å². The number of amides is 2. The molecule has 4 aromatic rings. The lowest BCUT2D eigenvalue weighted by Crippen LogP contribution is -2.49. The topological polar surface area (TPSA) is 101 Å². The van der Waals surface area contributed by atoms with Gasteiger partial charge >= 0.3 is 11.8 Å². The van der Waals surface area contributed by atoms with Crippen molar-refractivity contribution in [3.05, 3.63) is 72.6 Å². The van der Waals surface area contributed by atoms with Crippen LogP contribution in [0.3, 0.4) is 0 Å². The summed E-state index contributed by atoms with van der Waals surface area (Å²) in [6.07, 6.45) is 5.45. The number of imidazole rings is 2. The zero-order chi connectivity index (χ0) is 32.0. The minimum Gasteiger partial charge on any atom is -0.341 e. The minimum absolute atomic E-state index is 0.107. The van der Waals surface area contributed by atoms with Crippen molar-refractivity contribution in [2.24, 2.45) is 5.92 Å². The molecule has 11 heteroatoms. The molecule has 2 amide bonds. The highest BCUT2D eigenvalue weighted by atomic mass is 19.3. The summed E-state index contributed by atoms with van der Waals surface area (Å²) in [7, 11) is 2.16. The molecule has 3 fully saturated rings. The zero-order valence-electron chi connectivity index (χ0n) is 26.2. The van der Waals surface area contributed by atoms with E-state index in [4.69, 9.17) is 4.98 Å². The summed E-state index contributed by atoms with van der Waals surface area (Å²) in [5, 5.41) is 0. The van der Waals surface area contributed by atoms with Gasteiger partial charge in [-0.2, -0.15) is 0 Å². The largest absolute Gasteiger partial charge is 0.341 e. The van der Waals surface area contributed by atoms with Gasteiger partial charge in [0.15, 0.2) is 0 Å². The first-order valence-electron chi connectivity index (χ1n) is 16.2. The Balaban J connectivity index is 1.00. The van der Waals surface area contributed by atoms with Gasteiger partial charge in [0.1, 0.15) is 11.6 Å². The van der Waals surface area contributed by atoms with E-state index in [1.165, 1.54) is 16.2 Å². The molecule has 9 nitrogen and oxygen atoms in total. The van der Waals surface area contributed by atoms with Crippen LogP contribution in [0.1, 0.15) is 62.8 Å². The van der Waals surface area contributed by atoms with Crippen LogP contribution in [0.4, 0.5) is 8.78 Å². The van der Waals surface area contributed by atoms with Crippen LogP contribution in [-0.4, -0.2) is 85.6 Å². The monoisotopic (exact) mass is 627 g/mol. The van der Waals surface area contributed by atoms with Crippen molar-refractivity contribution >= 4 is 11.8 Å². The number of aromatic nitrogens is 4. The summed E-state index contributed by atoms with van der Waals surface area (Å²) in [4.78, 5) is 47.3. The molecule has 0 radical (unpaired) electrons. The summed E-state index contributed by atoms with van der Waals surface area (Å²) in [6.45, 7) is 3.59. The fourth-order valence-corrected chi connectivity index (χ4v) is 7.18. The van der Waals surface area contributed by atoms with Crippen molar-refractivity contribution in [3.8, 4) is 33.6 Å². The highest BCUT2D eigenvalue weighted by Crippen LogP contribution is 2.36. The molecule has 3 aliphatic rings. The molecule has 3 aliphatic heterocycles. The van der Waals surface area contributed by atoms with Gasteiger partial charge < -0.3 is 19.8 Å². The number of nitrogens with zero attached hydrogens (tertiary/aromatic N) is 5. The Labute approximate surface area is 267 Å². The molecule has 46 heavy (non-hydrogen) atoms.